The van der Waals surface area contributed by atoms with Gasteiger partial charge in [-0.3, -0.25) is 0 Å². The minimum absolute atomic E-state index is 0.0203. The van der Waals surface area contributed by atoms with Crippen LogP contribution in [0.4, 0.5) is 0 Å². The number of aryl methyl sites for hydroxylation is 2. The zero-order valence-electron chi connectivity index (χ0n) is 13.7. The van der Waals surface area contributed by atoms with Gasteiger partial charge in [0.15, 0.2) is 11.3 Å². The van der Waals surface area contributed by atoms with E-state index in [2.05, 4.69) is 0 Å². The molecule has 0 saturated carbocycles. The second-order valence-electron chi connectivity index (χ2n) is 5.52. The summed E-state index contributed by atoms with van der Waals surface area (Å²) in [4.78, 5) is 12.2. The lowest BCUT2D eigenvalue weighted by Gasteiger charge is -2.07. The number of hydrogen-bond acceptors (Lipinski definition) is 5. The maximum atomic E-state index is 12.2. The van der Waals surface area contributed by atoms with Gasteiger partial charge in [0.05, 0.1) is 5.57 Å². The number of rotatable bonds is 1. The standard InChI is InChI=1S/C18H16N2O3/c1-9(2)15-16(11(4)14-6-10(3)22-12(14)5)17(23-18(15)21)13(7-19)8-20/h6H,1-5H3/b16-11-. The molecule has 2 heterocycles. The third-order valence-electron chi connectivity index (χ3n) is 3.65. The van der Waals surface area contributed by atoms with Gasteiger partial charge in [0.25, 0.3) is 0 Å². The van der Waals surface area contributed by atoms with Crippen LogP contribution in [0.1, 0.15) is 37.9 Å². The van der Waals surface area contributed by atoms with Crippen molar-refractivity contribution in [1.29, 1.82) is 10.5 Å². The molecule has 116 valence electrons. The lowest BCUT2D eigenvalue weighted by atomic mass is 9.92. The second kappa shape index (κ2) is 5.98. The van der Waals surface area contributed by atoms with Crippen LogP contribution in [-0.4, -0.2) is 5.97 Å². The lowest BCUT2D eigenvalue weighted by Crippen LogP contribution is -1.98. The molecule has 5 heteroatoms. The molecule has 1 aromatic rings. The van der Waals surface area contributed by atoms with E-state index < -0.39 is 5.97 Å². The molecule has 1 fully saturated rings. The molecule has 0 spiro atoms. The van der Waals surface area contributed by atoms with E-state index in [0.29, 0.717) is 16.9 Å². The molecule has 2 rings (SSSR count). The van der Waals surface area contributed by atoms with Crippen LogP contribution in [0.25, 0.3) is 5.57 Å². The summed E-state index contributed by atoms with van der Waals surface area (Å²) >= 11 is 0. The van der Waals surface area contributed by atoms with Crippen molar-refractivity contribution in [2.45, 2.75) is 34.6 Å². The van der Waals surface area contributed by atoms with Gasteiger partial charge in [-0.05, 0) is 46.3 Å². The Labute approximate surface area is 134 Å². The summed E-state index contributed by atoms with van der Waals surface area (Å²) in [5, 5.41) is 18.3. The highest BCUT2D eigenvalue weighted by Gasteiger charge is 2.36. The van der Waals surface area contributed by atoms with Crippen molar-refractivity contribution < 1.29 is 13.9 Å². The van der Waals surface area contributed by atoms with Gasteiger partial charge in [-0.15, -0.1) is 0 Å². The summed E-state index contributed by atoms with van der Waals surface area (Å²) in [5.74, 6) is 0.921. The normalized spacial score (nSPS) is 15.9. The third-order valence-corrected chi connectivity index (χ3v) is 3.65. The number of allylic oxidation sites excluding steroid dienone is 4. The summed E-state index contributed by atoms with van der Waals surface area (Å²) in [6, 6.07) is 5.44. The largest absolute Gasteiger partial charge is 0.466 e. The summed E-state index contributed by atoms with van der Waals surface area (Å²) < 4.78 is 10.8. The van der Waals surface area contributed by atoms with Crippen molar-refractivity contribution in [3.63, 3.8) is 0 Å². The van der Waals surface area contributed by atoms with Crippen molar-refractivity contribution in [1.82, 2.24) is 0 Å². The van der Waals surface area contributed by atoms with E-state index in [1.54, 1.807) is 26.0 Å². The van der Waals surface area contributed by atoms with Crippen LogP contribution in [0.2, 0.25) is 0 Å². The van der Waals surface area contributed by atoms with Gasteiger partial charge in [0, 0.05) is 11.1 Å². The molecule has 0 N–H and O–H groups in total. The van der Waals surface area contributed by atoms with Crippen molar-refractivity contribution in [2.75, 3.05) is 0 Å². The summed E-state index contributed by atoms with van der Waals surface area (Å²) in [6.07, 6.45) is 0. The van der Waals surface area contributed by atoms with E-state index in [4.69, 9.17) is 19.7 Å². The van der Waals surface area contributed by atoms with E-state index in [1.165, 1.54) is 0 Å². The SMILES string of the molecule is CC(C)=C1C(=O)OC(=C(C#N)C#N)/C1=C(/C)c1cc(C)oc1C. The first-order valence-corrected chi connectivity index (χ1v) is 7.05. The molecule has 0 aromatic carbocycles. The Kier molecular flexibility index (Phi) is 4.24. The average Bonchev–Trinajstić information content (AvgIpc) is 2.99. The van der Waals surface area contributed by atoms with Gasteiger partial charge in [-0.2, -0.15) is 10.5 Å². The Morgan fingerprint density at radius 1 is 1.09 bits per heavy atom. The minimum atomic E-state index is -0.546. The maximum Gasteiger partial charge on any atom is 0.344 e. The number of carbonyl (C=O) groups excluding carboxylic acids is 1. The number of esters is 1. The van der Waals surface area contributed by atoms with Gasteiger partial charge >= 0.3 is 5.97 Å². The number of nitrogens with zero attached hydrogens (tertiary/aromatic N) is 2. The van der Waals surface area contributed by atoms with Crippen molar-refractivity contribution in [3.05, 3.63) is 51.2 Å². The maximum absolute atomic E-state index is 12.2. The molecule has 0 amide bonds. The minimum Gasteiger partial charge on any atom is -0.466 e. The Bertz CT molecular complexity index is 860. The zero-order chi connectivity index (χ0) is 17.3. The lowest BCUT2D eigenvalue weighted by molar-refractivity contribution is -0.132. The van der Waals surface area contributed by atoms with E-state index >= 15 is 0 Å². The van der Waals surface area contributed by atoms with E-state index in [9.17, 15) is 4.79 Å². The molecule has 1 aromatic heterocycles. The number of cyclic esters (lactones) is 1. The predicted octanol–water partition coefficient (Wildman–Crippen LogP) is 3.86. The summed E-state index contributed by atoms with van der Waals surface area (Å²) in [5.41, 5.74) is 2.96. The molecule has 0 aliphatic carbocycles. The molecule has 0 bridgehead atoms. The molecule has 0 radical (unpaired) electrons. The van der Waals surface area contributed by atoms with Gasteiger partial charge < -0.3 is 9.15 Å². The number of hydrogen-bond donors (Lipinski definition) is 0. The smallest absolute Gasteiger partial charge is 0.344 e. The van der Waals surface area contributed by atoms with Crippen LogP contribution in [0.3, 0.4) is 0 Å². The summed E-state index contributed by atoms with van der Waals surface area (Å²) in [7, 11) is 0. The van der Waals surface area contributed by atoms with E-state index in [0.717, 1.165) is 22.5 Å². The highest BCUT2D eigenvalue weighted by Crippen LogP contribution is 2.40. The molecular weight excluding hydrogens is 292 g/mol. The van der Waals surface area contributed by atoms with Crippen LogP contribution in [0.5, 0.6) is 0 Å². The fourth-order valence-corrected chi connectivity index (χ4v) is 2.66. The van der Waals surface area contributed by atoms with Crippen LogP contribution in [0.15, 0.2) is 38.5 Å². The first-order valence-electron chi connectivity index (χ1n) is 7.05. The molecule has 0 atom stereocenters. The monoisotopic (exact) mass is 308 g/mol. The highest BCUT2D eigenvalue weighted by atomic mass is 16.5. The predicted molar refractivity (Wildman–Crippen MR) is 83.5 cm³/mol. The van der Waals surface area contributed by atoms with Crippen LogP contribution in [-0.2, 0) is 9.53 Å². The van der Waals surface area contributed by atoms with Gasteiger partial charge in [0.1, 0.15) is 23.7 Å². The van der Waals surface area contributed by atoms with E-state index in [-0.39, 0.29) is 11.3 Å². The molecule has 23 heavy (non-hydrogen) atoms. The number of carbonyl (C=O) groups is 1. The molecule has 1 aliphatic rings. The Balaban J connectivity index is 2.89. The molecule has 5 nitrogen and oxygen atoms in total. The van der Waals surface area contributed by atoms with E-state index in [1.807, 2.05) is 26.8 Å². The topological polar surface area (TPSA) is 87.0 Å². The van der Waals surface area contributed by atoms with Crippen molar-refractivity contribution in [2.24, 2.45) is 0 Å². The number of nitriles is 2. The van der Waals surface area contributed by atoms with Crippen LogP contribution >= 0.6 is 0 Å². The molecule has 1 aliphatic heterocycles. The van der Waals surface area contributed by atoms with Gasteiger partial charge in [-0.1, -0.05) is 5.57 Å². The Hall–Kier alpha value is -3.05. The van der Waals surface area contributed by atoms with Crippen LogP contribution in [0, 0.1) is 36.5 Å². The van der Waals surface area contributed by atoms with Gasteiger partial charge in [-0.25, -0.2) is 4.79 Å². The first kappa shape index (κ1) is 16.3. The summed E-state index contributed by atoms with van der Waals surface area (Å²) in [6.45, 7) is 9.06. The van der Waals surface area contributed by atoms with Crippen LogP contribution < -0.4 is 0 Å². The molecule has 0 unspecified atom stereocenters. The van der Waals surface area contributed by atoms with Crippen molar-refractivity contribution in [3.8, 4) is 12.1 Å². The molecular formula is C18H16N2O3. The first-order chi connectivity index (χ1) is 10.8. The fourth-order valence-electron chi connectivity index (χ4n) is 2.66. The van der Waals surface area contributed by atoms with Gasteiger partial charge in [0.2, 0.25) is 0 Å². The average molecular weight is 308 g/mol. The number of furan rings is 1. The fraction of sp³-hybridized carbons (Fsp3) is 0.278. The Morgan fingerprint density at radius 2 is 1.70 bits per heavy atom. The number of ether oxygens (including phenoxy) is 1. The van der Waals surface area contributed by atoms with Crippen molar-refractivity contribution >= 4 is 11.5 Å². The Morgan fingerprint density at radius 3 is 2.13 bits per heavy atom. The quantitative estimate of drug-likeness (QED) is 0.446. The highest BCUT2D eigenvalue weighted by molar-refractivity contribution is 6.04. The third kappa shape index (κ3) is 2.69. The molecule has 1 saturated heterocycles. The second-order valence-corrected chi connectivity index (χ2v) is 5.52. The zero-order valence-corrected chi connectivity index (χ0v) is 13.7.